The predicted molar refractivity (Wildman–Crippen MR) is 104 cm³/mol. The Bertz CT molecular complexity index is 1060. The third-order valence-corrected chi connectivity index (χ3v) is 4.35. The molecule has 2 aromatic carbocycles. The van der Waals surface area contributed by atoms with Crippen LogP contribution in [0.3, 0.4) is 0 Å². The van der Waals surface area contributed by atoms with E-state index in [-0.39, 0.29) is 0 Å². The lowest BCUT2D eigenvalue weighted by molar-refractivity contribution is 0.0597. The van der Waals surface area contributed by atoms with Crippen LogP contribution in [0.2, 0.25) is 0 Å². The van der Waals surface area contributed by atoms with Crippen molar-refractivity contribution in [1.82, 2.24) is 5.32 Å². The summed E-state index contributed by atoms with van der Waals surface area (Å²) in [6.45, 7) is 0.944. The summed E-state index contributed by atoms with van der Waals surface area (Å²) in [7, 11) is 4.39. The summed E-state index contributed by atoms with van der Waals surface area (Å²) in [5, 5.41) is 4.11. The van der Waals surface area contributed by atoms with Crippen LogP contribution in [-0.4, -0.2) is 27.3 Å². The van der Waals surface area contributed by atoms with Crippen LogP contribution in [0.25, 0.3) is 11.0 Å². The molecule has 0 unspecified atom stereocenters. The highest BCUT2D eigenvalue weighted by molar-refractivity contribution is 5.92. The fourth-order valence-corrected chi connectivity index (χ4v) is 2.96. The minimum absolute atomic E-state index is 0.363. The van der Waals surface area contributed by atoms with Crippen LogP contribution in [0, 0.1) is 0 Å². The summed E-state index contributed by atoms with van der Waals surface area (Å²) >= 11 is 0. The molecule has 3 rings (SSSR count). The van der Waals surface area contributed by atoms with Gasteiger partial charge in [0.2, 0.25) is 0 Å². The number of methoxy groups -OCH3 is 3. The molecule has 0 bridgehead atoms. The van der Waals surface area contributed by atoms with Crippen molar-refractivity contribution in [2.75, 3.05) is 21.3 Å². The van der Waals surface area contributed by atoms with Crippen LogP contribution in [0.5, 0.6) is 11.5 Å². The average molecular weight is 383 g/mol. The Balaban J connectivity index is 1.78. The zero-order valence-electron chi connectivity index (χ0n) is 15.9. The quantitative estimate of drug-likeness (QED) is 0.496. The van der Waals surface area contributed by atoms with Crippen LogP contribution in [0.15, 0.2) is 51.7 Å². The standard InChI is InChI=1S/C21H21NO6/c1-25-15-5-6-16-14(9-20(23)28-19(16)10-15)12-22-11-13-4-7-18(26-2)17(8-13)21(24)27-3/h4-10,22H,11-12H2,1-3H3. The van der Waals surface area contributed by atoms with E-state index in [9.17, 15) is 9.59 Å². The van der Waals surface area contributed by atoms with Gasteiger partial charge in [-0.15, -0.1) is 0 Å². The van der Waals surface area contributed by atoms with Crippen molar-refractivity contribution in [3.8, 4) is 11.5 Å². The Hall–Kier alpha value is -3.32. The topological polar surface area (TPSA) is 87.0 Å². The first-order valence-electron chi connectivity index (χ1n) is 8.62. The highest BCUT2D eigenvalue weighted by Crippen LogP contribution is 2.23. The molecule has 0 spiro atoms. The molecular formula is C21H21NO6. The number of benzene rings is 2. The van der Waals surface area contributed by atoms with Gasteiger partial charge in [0.15, 0.2) is 0 Å². The molecule has 0 aliphatic rings. The van der Waals surface area contributed by atoms with Gasteiger partial charge in [0.25, 0.3) is 0 Å². The van der Waals surface area contributed by atoms with E-state index in [0.29, 0.717) is 35.7 Å². The second kappa shape index (κ2) is 8.58. The molecule has 0 aliphatic heterocycles. The van der Waals surface area contributed by atoms with E-state index < -0.39 is 11.6 Å². The van der Waals surface area contributed by atoms with Gasteiger partial charge in [-0.25, -0.2) is 9.59 Å². The Morgan fingerprint density at radius 1 is 1.00 bits per heavy atom. The van der Waals surface area contributed by atoms with Crippen molar-refractivity contribution in [1.29, 1.82) is 0 Å². The summed E-state index contributed by atoms with van der Waals surface area (Å²) in [5.74, 6) is 0.616. The Morgan fingerprint density at radius 2 is 1.82 bits per heavy atom. The third-order valence-electron chi connectivity index (χ3n) is 4.35. The molecule has 0 amide bonds. The molecule has 7 heteroatoms. The van der Waals surface area contributed by atoms with E-state index in [1.165, 1.54) is 20.3 Å². The number of carbonyl (C=O) groups excluding carboxylic acids is 1. The second-order valence-electron chi connectivity index (χ2n) is 6.08. The summed E-state index contributed by atoms with van der Waals surface area (Å²) in [6, 6.07) is 12.1. The first kappa shape index (κ1) is 19.4. The van der Waals surface area contributed by atoms with E-state index in [1.54, 1.807) is 25.3 Å². The van der Waals surface area contributed by atoms with Gasteiger partial charge in [0.05, 0.1) is 21.3 Å². The molecular weight excluding hydrogens is 362 g/mol. The normalized spacial score (nSPS) is 10.7. The number of carbonyl (C=O) groups is 1. The summed E-state index contributed by atoms with van der Waals surface area (Å²) in [4.78, 5) is 23.8. The first-order valence-corrected chi connectivity index (χ1v) is 8.62. The highest BCUT2D eigenvalue weighted by Gasteiger charge is 2.13. The molecule has 0 saturated carbocycles. The van der Waals surface area contributed by atoms with Crippen molar-refractivity contribution in [3.05, 3.63) is 69.6 Å². The molecule has 3 aromatic rings. The summed E-state index contributed by atoms with van der Waals surface area (Å²) in [6.07, 6.45) is 0. The van der Waals surface area contributed by atoms with Gasteiger partial charge in [0, 0.05) is 30.6 Å². The lowest BCUT2D eigenvalue weighted by Crippen LogP contribution is -2.15. The Morgan fingerprint density at radius 3 is 2.54 bits per heavy atom. The monoisotopic (exact) mass is 383 g/mol. The molecule has 1 heterocycles. The van der Waals surface area contributed by atoms with Gasteiger partial charge in [-0.05, 0) is 35.4 Å². The maximum absolute atomic E-state index is 11.9. The van der Waals surface area contributed by atoms with Gasteiger partial charge >= 0.3 is 11.6 Å². The summed E-state index contributed by atoms with van der Waals surface area (Å²) < 4.78 is 20.4. The fourth-order valence-electron chi connectivity index (χ4n) is 2.96. The molecule has 0 aliphatic carbocycles. The van der Waals surface area contributed by atoms with Gasteiger partial charge in [-0.2, -0.15) is 0 Å². The lowest BCUT2D eigenvalue weighted by atomic mass is 10.1. The number of rotatable bonds is 7. The van der Waals surface area contributed by atoms with Crippen LogP contribution >= 0.6 is 0 Å². The molecule has 1 N–H and O–H groups in total. The number of nitrogens with one attached hydrogen (secondary N) is 1. The second-order valence-corrected chi connectivity index (χ2v) is 6.08. The maximum Gasteiger partial charge on any atom is 0.341 e. The molecule has 28 heavy (non-hydrogen) atoms. The highest BCUT2D eigenvalue weighted by atomic mass is 16.5. The zero-order chi connectivity index (χ0) is 20.1. The predicted octanol–water partition coefficient (Wildman–Crippen LogP) is 2.89. The minimum Gasteiger partial charge on any atom is -0.497 e. The van der Waals surface area contributed by atoms with Crippen molar-refractivity contribution >= 4 is 16.9 Å². The maximum atomic E-state index is 11.9. The average Bonchev–Trinajstić information content (AvgIpc) is 2.72. The van der Waals surface area contributed by atoms with E-state index in [1.807, 2.05) is 18.2 Å². The van der Waals surface area contributed by atoms with Crippen molar-refractivity contribution in [2.45, 2.75) is 13.1 Å². The smallest absolute Gasteiger partial charge is 0.341 e. The minimum atomic E-state index is -0.459. The molecule has 0 radical (unpaired) electrons. The van der Waals surface area contributed by atoms with E-state index in [2.05, 4.69) is 5.32 Å². The van der Waals surface area contributed by atoms with E-state index in [4.69, 9.17) is 18.6 Å². The van der Waals surface area contributed by atoms with Gasteiger partial charge in [0.1, 0.15) is 22.6 Å². The van der Waals surface area contributed by atoms with Gasteiger partial charge < -0.3 is 23.9 Å². The van der Waals surface area contributed by atoms with E-state index >= 15 is 0 Å². The zero-order valence-corrected chi connectivity index (χ0v) is 15.9. The first-order chi connectivity index (χ1) is 13.5. The molecule has 1 aromatic heterocycles. The molecule has 7 nitrogen and oxygen atoms in total. The van der Waals surface area contributed by atoms with Gasteiger partial charge in [-0.3, -0.25) is 0 Å². The van der Waals surface area contributed by atoms with Crippen LogP contribution in [-0.2, 0) is 17.8 Å². The number of fused-ring (bicyclic) bond motifs is 1. The van der Waals surface area contributed by atoms with Crippen LogP contribution < -0.4 is 20.4 Å². The molecule has 0 fully saturated rings. The van der Waals surface area contributed by atoms with Crippen molar-refractivity contribution in [2.24, 2.45) is 0 Å². The lowest BCUT2D eigenvalue weighted by Gasteiger charge is -2.11. The summed E-state index contributed by atoms with van der Waals surface area (Å²) in [5.41, 5.74) is 2.11. The van der Waals surface area contributed by atoms with Crippen LogP contribution in [0.1, 0.15) is 21.5 Å². The number of hydrogen-bond donors (Lipinski definition) is 1. The van der Waals surface area contributed by atoms with Crippen molar-refractivity contribution in [3.63, 3.8) is 0 Å². The third kappa shape index (κ3) is 4.15. The van der Waals surface area contributed by atoms with E-state index in [0.717, 1.165) is 16.5 Å². The molecule has 146 valence electrons. The fraction of sp³-hybridized carbons (Fsp3) is 0.238. The Kier molecular flexibility index (Phi) is 5.96. The van der Waals surface area contributed by atoms with Crippen LogP contribution in [0.4, 0.5) is 0 Å². The van der Waals surface area contributed by atoms with Gasteiger partial charge in [-0.1, -0.05) is 6.07 Å². The number of hydrogen-bond acceptors (Lipinski definition) is 7. The number of ether oxygens (including phenoxy) is 3. The SMILES string of the molecule is COC(=O)c1cc(CNCc2cc(=O)oc3cc(OC)ccc23)ccc1OC. The Labute approximate surface area is 161 Å². The largest absolute Gasteiger partial charge is 0.497 e. The molecule has 0 atom stereocenters. The number of esters is 1. The van der Waals surface area contributed by atoms with Crippen molar-refractivity contribution < 1.29 is 23.4 Å². The molecule has 0 saturated heterocycles.